The van der Waals surface area contributed by atoms with Crippen molar-refractivity contribution in [3.05, 3.63) is 95.4 Å². The summed E-state index contributed by atoms with van der Waals surface area (Å²) in [6, 6.07) is 19.4. The molecule has 5 heteroatoms. The van der Waals surface area contributed by atoms with Gasteiger partial charge in [0.25, 0.3) is 0 Å². The summed E-state index contributed by atoms with van der Waals surface area (Å²) in [5, 5.41) is 0.993. The fourth-order valence-electron chi connectivity index (χ4n) is 3.68. The van der Waals surface area contributed by atoms with E-state index in [0.29, 0.717) is 5.56 Å². The highest BCUT2D eigenvalue weighted by molar-refractivity contribution is 6.17. The third kappa shape index (κ3) is 4.03. The van der Waals surface area contributed by atoms with E-state index in [1.54, 1.807) is 13.3 Å². The van der Waals surface area contributed by atoms with E-state index < -0.39 is 0 Å². The van der Waals surface area contributed by atoms with Crippen LogP contribution in [0.1, 0.15) is 27.2 Å². The van der Waals surface area contributed by atoms with Gasteiger partial charge in [-0.3, -0.25) is 9.78 Å². The first-order valence-corrected chi connectivity index (χ1v) is 9.34. The van der Waals surface area contributed by atoms with Crippen molar-refractivity contribution >= 4 is 29.1 Å². The van der Waals surface area contributed by atoms with E-state index in [4.69, 9.17) is 4.74 Å². The Bertz CT molecular complexity index is 1120. The fraction of sp³-hybridized carbons (Fsp3) is 0.167. The second-order valence-electron chi connectivity index (χ2n) is 6.80. The van der Waals surface area contributed by atoms with E-state index in [-0.39, 0.29) is 18.2 Å². The molecule has 0 aliphatic carbocycles. The minimum absolute atomic E-state index is 0. The van der Waals surface area contributed by atoms with Gasteiger partial charge in [0.1, 0.15) is 5.75 Å². The van der Waals surface area contributed by atoms with Crippen LogP contribution in [0.15, 0.2) is 73.1 Å². The highest BCUT2D eigenvalue weighted by atomic mass is 35.5. The largest absolute Gasteiger partial charge is 0.497 e. The van der Waals surface area contributed by atoms with Crippen LogP contribution >= 0.6 is 12.4 Å². The number of carbonyl (C=O) groups excluding carboxylic acids is 1. The second-order valence-corrected chi connectivity index (χ2v) is 6.80. The van der Waals surface area contributed by atoms with E-state index >= 15 is 0 Å². The van der Waals surface area contributed by atoms with Crippen LogP contribution in [0.2, 0.25) is 0 Å². The van der Waals surface area contributed by atoms with Crippen LogP contribution in [0.5, 0.6) is 5.75 Å². The molecule has 148 valence electrons. The van der Waals surface area contributed by atoms with E-state index in [1.165, 1.54) is 5.56 Å². The molecule has 2 aromatic heterocycles. The maximum absolute atomic E-state index is 13.3. The van der Waals surface area contributed by atoms with Crippen molar-refractivity contribution in [2.75, 3.05) is 7.11 Å². The SMILES string of the molecule is COc1ccc(C(=O)c2c(C)n(CCc3cccnc3)c3ccccc23)cc1.Cl. The minimum atomic E-state index is 0. The zero-order valence-corrected chi connectivity index (χ0v) is 17.3. The Morgan fingerprint density at radius 1 is 1.03 bits per heavy atom. The van der Waals surface area contributed by atoms with Crippen LogP contribution in [0.3, 0.4) is 0 Å². The molecule has 4 rings (SSSR count). The molecule has 0 aliphatic rings. The number of hydrogen-bond acceptors (Lipinski definition) is 3. The molecule has 4 aromatic rings. The molecule has 0 saturated carbocycles. The predicted octanol–water partition coefficient (Wildman–Crippen LogP) is 5.25. The first-order valence-electron chi connectivity index (χ1n) is 9.34. The van der Waals surface area contributed by atoms with Crippen LogP contribution < -0.4 is 4.74 Å². The first kappa shape index (κ1) is 20.6. The highest BCUT2D eigenvalue weighted by Crippen LogP contribution is 2.29. The molecule has 0 saturated heterocycles. The molecule has 0 fully saturated rings. The van der Waals surface area contributed by atoms with Crippen molar-refractivity contribution in [1.29, 1.82) is 0 Å². The van der Waals surface area contributed by atoms with Gasteiger partial charge in [0.15, 0.2) is 5.78 Å². The van der Waals surface area contributed by atoms with Gasteiger partial charge in [-0.15, -0.1) is 12.4 Å². The number of benzene rings is 2. The van der Waals surface area contributed by atoms with Crippen molar-refractivity contribution < 1.29 is 9.53 Å². The average molecular weight is 407 g/mol. The number of pyridine rings is 1. The first-order chi connectivity index (χ1) is 13.7. The Kier molecular flexibility index (Phi) is 6.35. The van der Waals surface area contributed by atoms with E-state index in [0.717, 1.165) is 40.9 Å². The smallest absolute Gasteiger partial charge is 0.195 e. The van der Waals surface area contributed by atoms with Crippen molar-refractivity contribution in [2.24, 2.45) is 0 Å². The summed E-state index contributed by atoms with van der Waals surface area (Å²) in [7, 11) is 1.62. The predicted molar refractivity (Wildman–Crippen MR) is 118 cm³/mol. The summed E-state index contributed by atoms with van der Waals surface area (Å²) in [5.41, 5.74) is 4.69. The Morgan fingerprint density at radius 2 is 1.79 bits per heavy atom. The molecule has 0 aliphatic heterocycles. The van der Waals surface area contributed by atoms with Crippen LogP contribution in [0.4, 0.5) is 0 Å². The van der Waals surface area contributed by atoms with Crippen LogP contribution in [-0.4, -0.2) is 22.4 Å². The lowest BCUT2D eigenvalue weighted by atomic mass is 10.0. The van der Waals surface area contributed by atoms with Crippen LogP contribution in [0.25, 0.3) is 10.9 Å². The van der Waals surface area contributed by atoms with Gasteiger partial charge in [-0.1, -0.05) is 24.3 Å². The van der Waals surface area contributed by atoms with Crippen molar-refractivity contribution in [1.82, 2.24) is 9.55 Å². The quantitative estimate of drug-likeness (QED) is 0.411. The van der Waals surface area contributed by atoms with Gasteiger partial charge in [-0.05, 0) is 55.3 Å². The van der Waals surface area contributed by atoms with E-state index in [2.05, 4.69) is 21.7 Å². The molecule has 0 N–H and O–H groups in total. The topological polar surface area (TPSA) is 44.1 Å². The summed E-state index contributed by atoms with van der Waals surface area (Å²) >= 11 is 0. The molecule has 2 aromatic carbocycles. The fourth-order valence-corrected chi connectivity index (χ4v) is 3.68. The number of para-hydroxylation sites is 1. The summed E-state index contributed by atoms with van der Waals surface area (Å²) in [6.45, 7) is 2.83. The van der Waals surface area contributed by atoms with Crippen molar-refractivity contribution in [3.63, 3.8) is 0 Å². The summed E-state index contributed by atoms with van der Waals surface area (Å²) < 4.78 is 7.44. The number of aryl methyl sites for hydroxylation is 2. The lowest BCUT2D eigenvalue weighted by Gasteiger charge is -2.09. The number of methoxy groups -OCH3 is 1. The zero-order valence-electron chi connectivity index (χ0n) is 16.5. The lowest BCUT2D eigenvalue weighted by molar-refractivity contribution is 0.103. The highest BCUT2D eigenvalue weighted by Gasteiger charge is 2.20. The average Bonchev–Trinajstić information content (AvgIpc) is 3.03. The number of carbonyl (C=O) groups is 1. The van der Waals surface area contributed by atoms with Gasteiger partial charge >= 0.3 is 0 Å². The number of rotatable bonds is 6. The molecule has 0 amide bonds. The van der Waals surface area contributed by atoms with Gasteiger partial charge in [-0.2, -0.15) is 0 Å². The Hall–Kier alpha value is -3.11. The molecule has 29 heavy (non-hydrogen) atoms. The maximum Gasteiger partial charge on any atom is 0.195 e. The number of aromatic nitrogens is 2. The van der Waals surface area contributed by atoms with Gasteiger partial charge in [-0.25, -0.2) is 0 Å². The summed E-state index contributed by atoms with van der Waals surface area (Å²) in [4.78, 5) is 17.5. The standard InChI is InChI=1S/C24H22N2O2.ClH/c1-17-23(24(27)19-9-11-20(28-2)12-10-19)21-7-3-4-8-22(21)26(17)15-13-18-6-5-14-25-16-18;/h3-12,14,16H,13,15H2,1-2H3;1H. The Morgan fingerprint density at radius 3 is 2.48 bits per heavy atom. The van der Waals surface area contributed by atoms with E-state index in [1.807, 2.05) is 61.7 Å². The third-order valence-electron chi connectivity index (χ3n) is 5.16. The van der Waals surface area contributed by atoms with E-state index in [9.17, 15) is 4.79 Å². The monoisotopic (exact) mass is 406 g/mol. The molecule has 0 unspecified atom stereocenters. The summed E-state index contributed by atoms with van der Waals surface area (Å²) in [5.74, 6) is 0.781. The number of hydrogen-bond donors (Lipinski definition) is 0. The molecule has 0 radical (unpaired) electrons. The van der Waals surface area contributed by atoms with Crippen molar-refractivity contribution in [3.8, 4) is 5.75 Å². The number of ether oxygens (including phenoxy) is 1. The van der Waals surface area contributed by atoms with Gasteiger partial charge < -0.3 is 9.30 Å². The maximum atomic E-state index is 13.3. The van der Waals surface area contributed by atoms with Gasteiger partial charge in [0, 0.05) is 41.1 Å². The number of halogens is 1. The molecular formula is C24H23ClN2O2. The zero-order chi connectivity index (χ0) is 19.5. The third-order valence-corrected chi connectivity index (χ3v) is 5.16. The number of nitrogens with zero attached hydrogens (tertiary/aromatic N) is 2. The second kappa shape index (κ2) is 8.93. The molecule has 0 atom stereocenters. The molecular weight excluding hydrogens is 384 g/mol. The van der Waals surface area contributed by atoms with Gasteiger partial charge in [0.2, 0.25) is 0 Å². The number of fused-ring (bicyclic) bond motifs is 1. The lowest BCUT2D eigenvalue weighted by Crippen LogP contribution is -2.07. The Balaban J connectivity index is 0.00000240. The molecule has 4 nitrogen and oxygen atoms in total. The molecule has 2 heterocycles. The normalized spacial score (nSPS) is 10.6. The van der Waals surface area contributed by atoms with Gasteiger partial charge in [0.05, 0.1) is 12.7 Å². The Labute approximate surface area is 176 Å². The minimum Gasteiger partial charge on any atom is -0.497 e. The number of ketones is 1. The van der Waals surface area contributed by atoms with Crippen LogP contribution in [0, 0.1) is 6.92 Å². The molecule has 0 bridgehead atoms. The van der Waals surface area contributed by atoms with Crippen LogP contribution in [-0.2, 0) is 13.0 Å². The molecule has 0 spiro atoms. The van der Waals surface area contributed by atoms with Crippen molar-refractivity contribution in [2.45, 2.75) is 19.9 Å². The summed E-state index contributed by atoms with van der Waals surface area (Å²) in [6.07, 6.45) is 4.54.